The molecule has 1 aromatic carbocycles. The second kappa shape index (κ2) is 10.8. The molecule has 1 rings (SSSR count). The molecule has 0 bridgehead atoms. The van der Waals surface area contributed by atoms with Gasteiger partial charge < -0.3 is 15.3 Å². The number of carbonyl (C=O) groups excluding carboxylic acids is 1. The molecular weight excluding hydrogens is 304 g/mol. The Hall–Kier alpha value is -2.82. The first-order valence-corrected chi connectivity index (χ1v) is 7.74. The predicted octanol–water partition coefficient (Wildman–Crippen LogP) is 3.48. The molecule has 0 spiro atoms. The van der Waals surface area contributed by atoms with Gasteiger partial charge in [-0.05, 0) is 35.8 Å². The summed E-state index contributed by atoms with van der Waals surface area (Å²) in [6.07, 6.45) is 8.99. The summed E-state index contributed by atoms with van der Waals surface area (Å²) in [4.78, 5) is 16.0. The van der Waals surface area contributed by atoms with Crippen molar-refractivity contribution in [2.45, 2.75) is 19.8 Å². The van der Waals surface area contributed by atoms with Crippen LogP contribution in [-0.4, -0.2) is 25.3 Å². The number of nitrogens with zero attached hydrogens (tertiary/aromatic N) is 1. The van der Waals surface area contributed by atoms with E-state index in [1.807, 2.05) is 36.4 Å². The molecule has 2 N–H and O–H groups in total. The van der Waals surface area contributed by atoms with E-state index < -0.39 is 5.91 Å². The number of primary amides is 1. The summed E-state index contributed by atoms with van der Waals surface area (Å²) >= 11 is 0. The highest BCUT2D eigenvalue weighted by atomic mass is 16.6. The Morgan fingerprint density at radius 1 is 1.33 bits per heavy atom. The van der Waals surface area contributed by atoms with Crippen LogP contribution >= 0.6 is 0 Å². The van der Waals surface area contributed by atoms with Crippen LogP contribution in [-0.2, 0) is 9.63 Å². The normalized spacial score (nSPS) is 12.2. The summed E-state index contributed by atoms with van der Waals surface area (Å²) < 4.78 is 5.45. The Labute approximate surface area is 143 Å². The summed E-state index contributed by atoms with van der Waals surface area (Å²) in [6.45, 7) is 6.15. The van der Waals surface area contributed by atoms with Crippen molar-refractivity contribution < 1.29 is 14.4 Å². The third-order valence-electron chi connectivity index (χ3n) is 3.04. The third kappa shape index (κ3) is 6.96. The third-order valence-corrected chi connectivity index (χ3v) is 3.04. The minimum atomic E-state index is -0.623. The largest absolute Gasteiger partial charge is 0.490 e. The number of nitrogens with two attached hydrogens (primary N) is 1. The van der Waals surface area contributed by atoms with Crippen LogP contribution in [0.5, 0.6) is 5.75 Å². The summed E-state index contributed by atoms with van der Waals surface area (Å²) in [6, 6.07) is 7.70. The van der Waals surface area contributed by atoms with Crippen molar-refractivity contribution in [2.75, 3.05) is 13.7 Å². The maximum atomic E-state index is 11.3. The lowest BCUT2D eigenvalue weighted by Crippen LogP contribution is -2.22. The number of hydrogen-bond acceptors (Lipinski definition) is 4. The lowest BCUT2D eigenvalue weighted by Gasteiger charge is -2.04. The van der Waals surface area contributed by atoms with Gasteiger partial charge in [-0.25, -0.2) is 0 Å². The lowest BCUT2D eigenvalue weighted by molar-refractivity contribution is -0.112. The Bertz CT molecular complexity index is 629. The summed E-state index contributed by atoms with van der Waals surface area (Å²) in [7, 11) is 1.38. The van der Waals surface area contributed by atoms with Crippen molar-refractivity contribution in [2.24, 2.45) is 10.9 Å². The molecule has 0 saturated carbocycles. The number of amides is 1. The average Bonchev–Trinajstić information content (AvgIpc) is 2.58. The molecule has 0 fully saturated rings. The Kier molecular flexibility index (Phi) is 8.68. The molecule has 5 heteroatoms. The number of benzene rings is 1. The van der Waals surface area contributed by atoms with Crippen LogP contribution in [0, 0.1) is 0 Å². The molecular formula is C19H24N2O3. The number of oxime groups is 1. The molecule has 0 radical (unpaired) electrons. The Morgan fingerprint density at radius 3 is 2.58 bits per heavy atom. The van der Waals surface area contributed by atoms with Crippen molar-refractivity contribution in [1.82, 2.24) is 0 Å². The van der Waals surface area contributed by atoms with E-state index in [1.54, 1.807) is 12.2 Å². The van der Waals surface area contributed by atoms with Gasteiger partial charge in [-0.1, -0.05) is 55.4 Å². The topological polar surface area (TPSA) is 73.9 Å². The highest BCUT2D eigenvalue weighted by molar-refractivity contribution is 6.42. The first-order valence-electron chi connectivity index (χ1n) is 7.74. The number of allylic oxidation sites excluding steroid dienone is 2. The molecule has 0 aliphatic heterocycles. The van der Waals surface area contributed by atoms with E-state index in [2.05, 4.69) is 23.5 Å². The molecule has 0 aliphatic carbocycles. The summed E-state index contributed by atoms with van der Waals surface area (Å²) in [5, 5.41) is 3.65. The molecule has 5 nitrogen and oxygen atoms in total. The van der Waals surface area contributed by atoms with Crippen LogP contribution in [0.15, 0.2) is 59.8 Å². The fourth-order valence-electron chi connectivity index (χ4n) is 1.94. The second-order valence-electron chi connectivity index (χ2n) is 4.99. The molecule has 0 aromatic heterocycles. The van der Waals surface area contributed by atoms with Crippen LogP contribution in [0.25, 0.3) is 6.08 Å². The standard InChI is InChI=1S/C19H24N2O3/c1-4-6-16(14-18(19(20)22)21-23-3)8-7-15-9-11-17(12-10-15)24-13-5-2/h5,7-12,14H,2,4,6,13H2,1,3H3,(H2,20,22). The van der Waals surface area contributed by atoms with Crippen molar-refractivity contribution in [1.29, 1.82) is 0 Å². The van der Waals surface area contributed by atoms with Crippen LogP contribution in [0.3, 0.4) is 0 Å². The van der Waals surface area contributed by atoms with Gasteiger partial charge in [-0.15, -0.1) is 0 Å². The number of rotatable bonds is 10. The van der Waals surface area contributed by atoms with E-state index in [4.69, 9.17) is 10.5 Å². The highest BCUT2D eigenvalue weighted by Gasteiger charge is 2.05. The quantitative estimate of drug-likeness (QED) is 0.309. The van der Waals surface area contributed by atoms with Gasteiger partial charge >= 0.3 is 0 Å². The second-order valence-corrected chi connectivity index (χ2v) is 4.99. The van der Waals surface area contributed by atoms with Crippen LogP contribution < -0.4 is 10.5 Å². The molecule has 0 aliphatic rings. The van der Waals surface area contributed by atoms with Gasteiger partial charge in [0.15, 0.2) is 5.71 Å². The number of hydrogen-bond donors (Lipinski definition) is 1. The molecule has 128 valence electrons. The van der Waals surface area contributed by atoms with E-state index in [-0.39, 0.29) is 5.71 Å². The van der Waals surface area contributed by atoms with Gasteiger partial charge in [0.25, 0.3) is 5.91 Å². The first kappa shape index (κ1) is 19.2. The van der Waals surface area contributed by atoms with Gasteiger partial charge in [0, 0.05) is 0 Å². The van der Waals surface area contributed by atoms with Crippen molar-refractivity contribution in [3.05, 3.63) is 60.2 Å². The maximum absolute atomic E-state index is 11.3. The van der Waals surface area contributed by atoms with Gasteiger partial charge in [0.05, 0.1) is 0 Å². The van der Waals surface area contributed by atoms with E-state index in [0.717, 1.165) is 29.7 Å². The van der Waals surface area contributed by atoms with Crippen LogP contribution in [0.2, 0.25) is 0 Å². The number of carbonyl (C=O) groups is 1. The van der Waals surface area contributed by atoms with Gasteiger partial charge in [0.1, 0.15) is 19.5 Å². The molecule has 0 unspecified atom stereocenters. The molecule has 0 heterocycles. The smallest absolute Gasteiger partial charge is 0.270 e. The first-order chi connectivity index (χ1) is 11.6. The summed E-state index contributed by atoms with van der Waals surface area (Å²) in [5.41, 5.74) is 7.35. The van der Waals surface area contributed by atoms with Gasteiger partial charge in [-0.3, -0.25) is 4.79 Å². The van der Waals surface area contributed by atoms with Gasteiger partial charge in [-0.2, -0.15) is 0 Å². The van der Waals surface area contributed by atoms with E-state index in [9.17, 15) is 4.79 Å². The molecule has 0 saturated heterocycles. The Balaban J connectivity index is 2.90. The molecule has 0 atom stereocenters. The zero-order valence-corrected chi connectivity index (χ0v) is 14.2. The average molecular weight is 328 g/mol. The monoisotopic (exact) mass is 328 g/mol. The van der Waals surface area contributed by atoms with E-state index in [0.29, 0.717) is 6.61 Å². The predicted molar refractivity (Wildman–Crippen MR) is 97.8 cm³/mol. The highest BCUT2D eigenvalue weighted by Crippen LogP contribution is 2.15. The van der Waals surface area contributed by atoms with Crippen molar-refractivity contribution >= 4 is 17.7 Å². The maximum Gasteiger partial charge on any atom is 0.270 e. The zero-order valence-electron chi connectivity index (χ0n) is 14.2. The fourth-order valence-corrected chi connectivity index (χ4v) is 1.94. The van der Waals surface area contributed by atoms with Crippen LogP contribution in [0.4, 0.5) is 0 Å². The zero-order chi connectivity index (χ0) is 17.8. The molecule has 1 amide bonds. The van der Waals surface area contributed by atoms with Crippen molar-refractivity contribution in [3.8, 4) is 5.75 Å². The molecule has 1 aromatic rings. The number of ether oxygens (including phenoxy) is 1. The fraction of sp³-hybridized carbons (Fsp3) is 0.263. The Morgan fingerprint density at radius 2 is 2.04 bits per heavy atom. The molecule has 24 heavy (non-hydrogen) atoms. The lowest BCUT2D eigenvalue weighted by atomic mass is 10.1. The summed E-state index contributed by atoms with van der Waals surface area (Å²) in [5.74, 6) is 0.169. The SMILES string of the molecule is C=CCOc1ccc(C=CC(=CC(=NOC)C(N)=O)CCC)cc1. The van der Waals surface area contributed by atoms with Crippen molar-refractivity contribution in [3.63, 3.8) is 0 Å². The van der Waals surface area contributed by atoms with Gasteiger partial charge in [0.2, 0.25) is 0 Å². The van der Waals surface area contributed by atoms with Crippen LogP contribution in [0.1, 0.15) is 25.3 Å². The van der Waals surface area contributed by atoms with E-state index in [1.165, 1.54) is 7.11 Å². The van der Waals surface area contributed by atoms with E-state index >= 15 is 0 Å². The minimum absolute atomic E-state index is 0.0961. The minimum Gasteiger partial charge on any atom is -0.490 e.